The van der Waals surface area contributed by atoms with Gasteiger partial charge in [0.25, 0.3) is 5.91 Å². The molecule has 0 atom stereocenters. The molecule has 2 rings (SSSR count). The van der Waals surface area contributed by atoms with Crippen LogP contribution in [-0.2, 0) is 16.0 Å². The maximum absolute atomic E-state index is 11.8. The number of rotatable bonds is 5. The second-order valence-electron chi connectivity index (χ2n) is 5.42. The van der Waals surface area contributed by atoms with Crippen molar-refractivity contribution >= 4 is 23.4 Å². The molecule has 0 aliphatic heterocycles. The second kappa shape index (κ2) is 8.36. The van der Waals surface area contributed by atoms with Crippen LogP contribution in [0.5, 0.6) is 5.75 Å². The molecular weight excluding hydrogens is 328 g/mol. The molecule has 2 amide bonds. The summed E-state index contributed by atoms with van der Waals surface area (Å²) in [6, 6.07) is 12.8. The number of halogens is 1. The van der Waals surface area contributed by atoms with E-state index in [1.54, 1.807) is 24.3 Å². The van der Waals surface area contributed by atoms with Crippen molar-refractivity contribution in [3.8, 4) is 5.75 Å². The predicted molar refractivity (Wildman–Crippen MR) is 92.9 cm³/mol. The summed E-state index contributed by atoms with van der Waals surface area (Å²) in [4.78, 5) is 23.6. The second-order valence-corrected chi connectivity index (χ2v) is 5.83. The van der Waals surface area contributed by atoms with E-state index in [4.69, 9.17) is 16.3 Å². The largest absolute Gasteiger partial charge is 0.483 e. The molecule has 0 radical (unpaired) electrons. The van der Waals surface area contributed by atoms with Gasteiger partial charge in [-0.3, -0.25) is 20.4 Å². The van der Waals surface area contributed by atoms with Crippen LogP contribution in [0.3, 0.4) is 0 Å². The first kappa shape index (κ1) is 17.8. The molecule has 5 nitrogen and oxygen atoms in total. The Kier molecular flexibility index (Phi) is 6.21. The van der Waals surface area contributed by atoms with Gasteiger partial charge in [-0.25, -0.2) is 0 Å². The zero-order valence-corrected chi connectivity index (χ0v) is 14.3. The molecule has 0 aromatic heterocycles. The molecule has 0 aliphatic rings. The van der Waals surface area contributed by atoms with E-state index in [9.17, 15) is 9.59 Å². The summed E-state index contributed by atoms with van der Waals surface area (Å²) < 4.78 is 5.46. The molecule has 0 aliphatic carbocycles. The van der Waals surface area contributed by atoms with Gasteiger partial charge in [-0.05, 0) is 42.7 Å². The smallest absolute Gasteiger partial charge is 0.276 e. The minimum absolute atomic E-state index is 0.0811. The quantitative estimate of drug-likeness (QED) is 0.818. The van der Waals surface area contributed by atoms with Crippen LogP contribution in [0.1, 0.15) is 16.7 Å². The van der Waals surface area contributed by atoms with Crippen LogP contribution < -0.4 is 15.6 Å². The van der Waals surface area contributed by atoms with Gasteiger partial charge in [0.05, 0.1) is 6.42 Å². The van der Waals surface area contributed by atoms with E-state index in [1.807, 2.05) is 32.0 Å². The lowest BCUT2D eigenvalue weighted by Gasteiger charge is -2.11. The lowest BCUT2D eigenvalue weighted by molar-refractivity contribution is -0.129. The van der Waals surface area contributed by atoms with Crippen molar-refractivity contribution in [3.05, 3.63) is 64.2 Å². The molecule has 0 bridgehead atoms. The normalized spacial score (nSPS) is 10.1. The first-order chi connectivity index (χ1) is 11.5. The van der Waals surface area contributed by atoms with Gasteiger partial charge in [0, 0.05) is 5.02 Å². The molecule has 6 heteroatoms. The zero-order chi connectivity index (χ0) is 17.5. The monoisotopic (exact) mass is 346 g/mol. The van der Waals surface area contributed by atoms with Gasteiger partial charge < -0.3 is 4.74 Å². The fourth-order valence-corrected chi connectivity index (χ4v) is 2.24. The summed E-state index contributed by atoms with van der Waals surface area (Å²) in [7, 11) is 0. The molecule has 2 aromatic rings. The van der Waals surface area contributed by atoms with Gasteiger partial charge in [0.1, 0.15) is 5.75 Å². The molecule has 2 aromatic carbocycles. The molecule has 0 fully saturated rings. The standard InChI is InChI=1S/C18H19ClN2O3/c1-12-7-8-13(2)16(9-12)24-11-18(23)21-20-17(22)10-14-5-3-4-6-15(14)19/h3-9H,10-11H2,1-2H3,(H,20,22)(H,21,23). The summed E-state index contributed by atoms with van der Waals surface area (Å²) in [5.41, 5.74) is 7.34. The highest BCUT2D eigenvalue weighted by Crippen LogP contribution is 2.18. The maximum Gasteiger partial charge on any atom is 0.276 e. The number of hydrogen-bond acceptors (Lipinski definition) is 3. The fraction of sp³-hybridized carbons (Fsp3) is 0.222. The Bertz CT molecular complexity index is 747. The van der Waals surface area contributed by atoms with Gasteiger partial charge in [-0.15, -0.1) is 0 Å². The van der Waals surface area contributed by atoms with Crippen molar-refractivity contribution in [1.82, 2.24) is 10.9 Å². The average Bonchev–Trinajstić information content (AvgIpc) is 2.56. The number of ether oxygens (including phenoxy) is 1. The van der Waals surface area contributed by atoms with E-state index in [0.29, 0.717) is 16.3 Å². The zero-order valence-electron chi connectivity index (χ0n) is 13.6. The van der Waals surface area contributed by atoms with Crippen molar-refractivity contribution in [2.24, 2.45) is 0 Å². The van der Waals surface area contributed by atoms with Crippen molar-refractivity contribution in [1.29, 1.82) is 0 Å². The first-order valence-corrected chi connectivity index (χ1v) is 7.84. The molecular formula is C18H19ClN2O3. The minimum Gasteiger partial charge on any atom is -0.483 e. The summed E-state index contributed by atoms with van der Waals surface area (Å²) in [5, 5.41) is 0.511. The number of hydrogen-bond donors (Lipinski definition) is 2. The molecule has 24 heavy (non-hydrogen) atoms. The minimum atomic E-state index is -0.441. The Labute approximate surface area is 145 Å². The average molecular weight is 347 g/mol. The van der Waals surface area contributed by atoms with Crippen molar-refractivity contribution in [3.63, 3.8) is 0 Å². The summed E-state index contributed by atoms with van der Waals surface area (Å²) >= 11 is 5.99. The van der Waals surface area contributed by atoms with Gasteiger partial charge in [0.15, 0.2) is 6.61 Å². The Morgan fingerprint density at radius 3 is 2.50 bits per heavy atom. The molecule has 0 unspecified atom stereocenters. The summed E-state index contributed by atoms with van der Waals surface area (Å²) in [6.07, 6.45) is 0.0811. The fourth-order valence-electron chi connectivity index (χ4n) is 2.04. The van der Waals surface area contributed by atoms with Crippen molar-refractivity contribution < 1.29 is 14.3 Å². The molecule has 0 heterocycles. The lowest BCUT2D eigenvalue weighted by atomic mass is 10.1. The number of carbonyl (C=O) groups is 2. The van der Waals surface area contributed by atoms with Crippen molar-refractivity contribution in [2.75, 3.05) is 6.61 Å². The van der Waals surface area contributed by atoms with E-state index >= 15 is 0 Å². The molecule has 2 N–H and O–H groups in total. The highest BCUT2D eigenvalue weighted by molar-refractivity contribution is 6.31. The number of hydrazine groups is 1. The Morgan fingerprint density at radius 1 is 1.04 bits per heavy atom. The topological polar surface area (TPSA) is 67.4 Å². The number of carbonyl (C=O) groups excluding carboxylic acids is 2. The number of nitrogens with one attached hydrogen (secondary N) is 2. The Morgan fingerprint density at radius 2 is 1.75 bits per heavy atom. The maximum atomic E-state index is 11.8. The van der Waals surface area contributed by atoms with Crippen molar-refractivity contribution in [2.45, 2.75) is 20.3 Å². The van der Waals surface area contributed by atoms with E-state index in [0.717, 1.165) is 11.1 Å². The van der Waals surface area contributed by atoms with E-state index in [2.05, 4.69) is 10.9 Å². The van der Waals surface area contributed by atoms with Crippen LogP contribution in [0.25, 0.3) is 0 Å². The Balaban J connectivity index is 1.77. The van der Waals surface area contributed by atoms with Crippen LogP contribution in [-0.4, -0.2) is 18.4 Å². The molecule has 0 spiro atoms. The molecule has 0 saturated heterocycles. The number of aryl methyl sites for hydroxylation is 2. The third kappa shape index (κ3) is 5.28. The van der Waals surface area contributed by atoms with Crippen LogP contribution in [0.4, 0.5) is 0 Å². The predicted octanol–water partition coefficient (Wildman–Crippen LogP) is 2.73. The SMILES string of the molecule is Cc1ccc(C)c(OCC(=O)NNC(=O)Cc2ccccc2Cl)c1. The third-order valence-corrected chi connectivity index (χ3v) is 3.72. The van der Waals surface area contributed by atoms with E-state index < -0.39 is 5.91 Å². The van der Waals surface area contributed by atoms with Gasteiger partial charge in [0.2, 0.25) is 5.91 Å². The van der Waals surface area contributed by atoms with E-state index in [1.165, 1.54) is 0 Å². The summed E-state index contributed by atoms with van der Waals surface area (Å²) in [5.74, 6) is -0.154. The lowest BCUT2D eigenvalue weighted by Crippen LogP contribution is -2.44. The van der Waals surface area contributed by atoms with E-state index in [-0.39, 0.29) is 18.9 Å². The highest BCUT2D eigenvalue weighted by Gasteiger charge is 2.09. The Hall–Kier alpha value is -2.53. The molecule has 0 saturated carbocycles. The molecule has 126 valence electrons. The van der Waals surface area contributed by atoms with Gasteiger partial charge >= 0.3 is 0 Å². The van der Waals surface area contributed by atoms with Crippen LogP contribution in [0, 0.1) is 13.8 Å². The van der Waals surface area contributed by atoms with Crippen LogP contribution in [0.15, 0.2) is 42.5 Å². The summed E-state index contributed by atoms with van der Waals surface area (Å²) in [6.45, 7) is 3.66. The van der Waals surface area contributed by atoms with Gasteiger partial charge in [-0.1, -0.05) is 41.9 Å². The van der Waals surface area contributed by atoms with Gasteiger partial charge in [-0.2, -0.15) is 0 Å². The first-order valence-electron chi connectivity index (χ1n) is 7.47. The number of benzene rings is 2. The third-order valence-electron chi connectivity index (χ3n) is 3.35. The van der Waals surface area contributed by atoms with Crippen LogP contribution in [0.2, 0.25) is 5.02 Å². The number of amides is 2. The van der Waals surface area contributed by atoms with Crippen LogP contribution >= 0.6 is 11.6 Å². The highest BCUT2D eigenvalue weighted by atomic mass is 35.5.